The predicted molar refractivity (Wildman–Crippen MR) is 79.9 cm³/mol. The first kappa shape index (κ1) is 15.2. The lowest BCUT2D eigenvalue weighted by atomic mass is 9.79. The summed E-state index contributed by atoms with van der Waals surface area (Å²) in [5.41, 5.74) is 0.199. The molecule has 0 aliphatic carbocycles. The summed E-state index contributed by atoms with van der Waals surface area (Å²) in [6.45, 7) is 10.7. The second-order valence-corrected chi connectivity index (χ2v) is 5.96. The molecule has 0 saturated carbocycles. The van der Waals surface area contributed by atoms with Crippen molar-refractivity contribution < 1.29 is 18.8 Å². The van der Waals surface area contributed by atoms with Gasteiger partial charge in [0, 0.05) is 6.07 Å². The fraction of sp³-hybridized carbons (Fsp3) is 0.600. The number of benzene rings is 1. The molecule has 0 amide bonds. The minimum atomic E-state index is -0.408. The van der Waals surface area contributed by atoms with Gasteiger partial charge in [-0.25, -0.2) is 0 Å². The van der Waals surface area contributed by atoms with Crippen LogP contribution in [0.3, 0.4) is 0 Å². The van der Waals surface area contributed by atoms with Gasteiger partial charge < -0.3 is 18.8 Å². The van der Waals surface area contributed by atoms with Crippen molar-refractivity contribution in [3.8, 4) is 11.5 Å². The summed E-state index contributed by atoms with van der Waals surface area (Å²) >= 11 is 0. The zero-order chi connectivity index (χ0) is 15.0. The van der Waals surface area contributed by atoms with Crippen LogP contribution in [0, 0.1) is 0 Å². The lowest BCUT2D eigenvalue weighted by Gasteiger charge is -2.32. The molecule has 0 aromatic heterocycles. The highest BCUT2D eigenvalue weighted by Crippen LogP contribution is 2.37. The quantitative estimate of drug-likeness (QED) is 0.792. The van der Waals surface area contributed by atoms with Gasteiger partial charge in [-0.3, -0.25) is 0 Å². The Morgan fingerprint density at radius 3 is 2.05 bits per heavy atom. The van der Waals surface area contributed by atoms with E-state index in [1.54, 1.807) is 7.11 Å². The van der Waals surface area contributed by atoms with Crippen molar-refractivity contribution in [1.29, 1.82) is 0 Å². The van der Waals surface area contributed by atoms with E-state index in [-0.39, 0.29) is 11.2 Å². The van der Waals surface area contributed by atoms with Crippen LogP contribution < -0.4 is 14.9 Å². The summed E-state index contributed by atoms with van der Waals surface area (Å²) in [6.07, 6.45) is 0. The maximum Gasteiger partial charge on any atom is 0.495 e. The lowest BCUT2D eigenvalue weighted by Crippen LogP contribution is -2.41. The molecule has 0 N–H and O–H groups in total. The fourth-order valence-corrected chi connectivity index (χ4v) is 2.08. The maximum absolute atomic E-state index is 6.05. The van der Waals surface area contributed by atoms with E-state index in [9.17, 15) is 0 Å². The first-order chi connectivity index (χ1) is 9.29. The van der Waals surface area contributed by atoms with E-state index in [0.29, 0.717) is 6.61 Å². The Morgan fingerprint density at radius 2 is 1.55 bits per heavy atom. The normalized spacial score (nSPS) is 20.0. The molecule has 5 heteroatoms. The zero-order valence-electron chi connectivity index (χ0n) is 13.1. The predicted octanol–water partition coefficient (Wildman–Crippen LogP) is 2.39. The topological polar surface area (TPSA) is 36.9 Å². The third-order valence-corrected chi connectivity index (χ3v) is 3.97. The molecular weight excluding hydrogens is 255 g/mol. The van der Waals surface area contributed by atoms with Gasteiger partial charge in [0.25, 0.3) is 0 Å². The third kappa shape index (κ3) is 2.79. The average molecular weight is 278 g/mol. The average Bonchev–Trinajstić information content (AvgIpc) is 2.58. The van der Waals surface area contributed by atoms with Gasteiger partial charge in [-0.05, 0) is 52.2 Å². The van der Waals surface area contributed by atoms with Gasteiger partial charge in [-0.2, -0.15) is 0 Å². The van der Waals surface area contributed by atoms with E-state index < -0.39 is 7.12 Å². The van der Waals surface area contributed by atoms with Crippen LogP contribution in [0.1, 0.15) is 34.6 Å². The van der Waals surface area contributed by atoms with Crippen LogP contribution in [-0.2, 0) is 9.31 Å². The zero-order valence-corrected chi connectivity index (χ0v) is 13.1. The summed E-state index contributed by atoms with van der Waals surface area (Å²) < 4.78 is 23.0. The minimum absolute atomic E-state index is 0.355. The van der Waals surface area contributed by atoms with E-state index in [2.05, 4.69) is 0 Å². The summed E-state index contributed by atoms with van der Waals surface area (Å²) in [6, 6.07) is 5.72. The highest BCUT2D eigenvalue weighted by molar-refractivity contribution is 6.62. The van der Waals surface area contributed by atoms with Crippen molar-refractivity contribution in [2.75, 3.05) is 13.7 Å². The second-order valence-electron chi connectivity index (χ2n) is 5.96. The van der Waals surface area contributed by atoms with Crippen molar-refractivity contribution in [3.05, 3.63) is 18.2 Å². The van der Waals surface area contributed by atoms with E-state index in [4.69, 9.17) is 18.8 Å². The Kier molecular flexibility index (Phi) is 4.03. The van der Waals surface area contributed by atoms with Crippen LogP contribution in [0.2, 0.25) is 0 Å². The van der Waals surface area contributed by atoms with Crippen molar-refractivity contribution >= 4 is 12.6 Å². The van der Waals surface area contributed by atoms with Gasteiger partial charge in [-0.15, -0.1) is 0 Å². The maximum atomic E-state index is 6.05. The van der Waals surface area contributed by atoms with Gasteiger partial charge >= 0.3 is 7.12 Å². The molecule has 0 radical (unpaired) electrons. The van der Waals surface area contributed by atoms with E-state index in [1.807, 2.05) is 52.8 Å². The standard InChI is InChI=1S/C15H23BO4/c1-7-18-13-9-11(8-12(10-13)17-6)16-19-14(2,3)15(4,5)20-16/h8-10H,7H2,1-6H3. The van der Waals surface area contributed by atoms with Gasteiger partial charge in [0.2, 0.25) is 0 Å². The number of hydrogen-bond acceptors (Lipinski definition) is 4. The van der Waals surface area contributed by atoms with Gasteiger partial charge in [0.15, 0.2) is 0 Å². The summed E-state index contributed by atoms with van der Waals surface area (Å²) in [5, 5.41) is 0. The molecule has 1 fully saturated rings. The fourth-order valence-electron chi connectivity index (χ4n) is 2.08. The third-order valence-electron chi connectivity index (χ3n) is 3.97. The molecule has 0 spiro atoms. The summed E-state index contributed by atoms with van der Waals surface area (Å²) in [7, 11) is 1.23. The van der Waals surface area contributed by atoms with Gasteiger partial charge in [0.05, 0.1) is 24.9 Å². The van der Waals surface area contributed by atoms with E-state index >= 15 is 0 Å². The summed E-state index contributed by atoms with van der Waals surface area (Å²) in [5.74, 6) is 1.50. The molecule has 20 heavy (non-hydrogen) atoms. The largest absolute Gasteiger partial charge is 0.497 e. The summed E-state index contributed by atoms with van der Waals surface area (Å²) in [4.78, 5) is 0. The first-order valence-corrected chi connectivity index (χ1v) is 6.96. The molecule has 1 aliphatic rings. The highest BCUT2D eigenvalue weighted by Gasteiger charge is 2.51. The van der Waals surface area contributed by atoms with Gasteiger partial charge in [-0.1, -0.05) is 0 Å². The molecular formula is C15H23BO4. The van der Waals surface area contributed by atoms with Crippen molar-refractivity contribution in [2.24, 2.45) is 0 Å². The van der Waals surface area contributed by atoms with Crippen molar-refractivity contribution in [3.63, 3.8) is 0 Å². The monoisotopic (exact) mass is 278 g/mol. The van der Waals surface area contributed by atoms with Crippen LogP contribution in [0.4, 0.5) is 0 Å². The van der Waals surface area contributed by atoms with E-state index in [1.165, 1.54) is 0 Å². The number of ether oxygens (including phenoxy) is 2. The molecule has 4 nitrogen and oxygen atoms in total. The number of hydrogen-bond donors (Lipinski definition) is 0. The smallest absolute Gasteiger partial charge is 0.495 e. The lowest BCUT2D eigenvalue weighted by molar-refractivity contribution is 0.00578. The Bertz CT molecular complexity index is 469. The Labute approximate surface area is 121 Å². The minimum Gasteiger partial charge on any atom is -0.497 e. The van der Waals surface area contributed by atoms with Crippen molar-refractivity contribution in [1.82, 2.24) is 0 Å². The molecule has 1 saturated heterocycles. The van der Waals surface area contributed by atoms with Crippen LogP contribution in [0.5, 0.6) is 11.5 Å². The van der Waals surface area contributed by atoms with Gasteiger partial charge in [0.1, 0.15) is 11.5 Å². The molecule has 110 valence electrons. The molecule has 1 aliphatic heterocycles. The molecule has 0 bridgehead atoms. The molecule has 0 unspecified atom stereocenters. The van der Waals surface area contributed by atoms with Crippen LogP contribution in [0.15, 0.2) is 18.2 Å². The Balaban J connectivity index is 2.31. The van der Waals surface area contributed by atoms with Crippen LogP contribution >= 0.6 is 0 Å². The molecule has 2 rings (SSSR count). The molecule has 1 aromatic rings. The Hall–Kier alpha value is -1.20. The van der Waals surface area contributed by atoms with Crippen LogP contribution in [-0.4, -0.2) is 32.0 Å². The molecule has 1 aromatic carbocycles. The second kappa shape index (κ2) is 5.30. The molecule has 1 heterocycles. The first-order valence-electron chi connectivity index (χ1n) is 6.96. The SMILES string of the molecule is CCOc1cc(OC)cc(B2OC(C)(C)C(C)(C)O2)c1. The van der Waals surface area contributed by atoms with E-state index in [0.717, 1.165) is 17.0 Å². The molecule has 0 atom stereocenters. The van der Waals surface area contributed by atoms with Crippen molar-refractivity contribution in [2.45, 2.75) is 45.8 Å². The number of rotatable bonds is 4. The highest BCUT2D eigenvalue weighted by atomic mass is 16.7. The van der Waals surface area contributed by atoms with Crippen LogP contribution in [0.25, 0.3) is 0 Å². The number of methoxy groups -OCH3 is 1. The Morgan fingerprint density at radius 1 is 1.00 bits per heavy atom.